The number of carbonyl (C=O) groups is 2. The summed E-state index contributed by atoms with van der Waals surface area (Å²) in [5.41, 5.74) is 1.94. The maximum absolute atomic E-state index is 13.1. The topological polar surface area (TPSA) is 76.1 Å². The molecule has 31 heavy (non-hydrogen) atoms. The lowest BCUT2D eigenvalue weighted by molar-refractivity contribution is -0.132. The average Bonchev–Trinajstić information content (AvgIpc) is 3.50. The van der Waals surface area contributed by atoms with Gasteiger partial charge < -0.3 is 14.6 Å². The van der Waals surface area contributed by atoms with E-state index in [4.69, 9.17) is 9.47 Å². The van der Waals surface area contributed by atoms with Gasteiger partial charge in [-0.2, -0.15) is 0 Å². The minimum Gasteiger partial charge on any atom is -0.507 e. The van der Waals surface area contributed by atoms with Gasteiger partial charge in [0.15, 0.2) is 11.5 Å². The molecule has 0 radical (unpaired) electrons. The molecule has 0 spiro atoms. The van der Waals surface area contributed by atoms with Gasteiger partial charge in [-0.05, 0) is 48.2 Å². The van der Waals surface area contributed by atoms with Crippen LogP contribution in [0.2, 0.25) is 0 Å². The number of hydrogen-bond acceptors (Lipinski definition) is 6. The lowest BCUT2D eigenvalue weighted by Gasteiger charge is -2.24. The molecule has 0 bridgehead atoms. The molecule has 156 valence electrons. The molecule has 3 heterocycles. The van der Waals surface area contributed by atoms with Gasteiger partial charge in [-0.3, -0.25) is 14.5 Å². The smallest absolute Gasteiger partial charge is 0.300 e. The summed E-state index contributed by atoms with van der Waals surface area (Å²) in [5, 5.41) is 13.0. The number of nitrogens with zero attached hydrogens (tertiary/aromatic N) is 1. The van der Waals surface area contributed by atoms with E-state index in [0.29, 0.717) is 22.7 Å². The molecule has 8 heteroatoms. The summed E-state index contributed by atoms with van der Waals surface area (Å²) in [4.78, 5) is 28.4. The number of aliphatic hydroxyl groups excluding tert-OH is 1. The van der Waals surface area contributed by atoms with E-state index < -0.39 is 17.7 Å². The molecule has 1 fully saturated rings. The molecular weight excluding hydrogens is 482 g/mol. The first kappa shape index (κ1) is 19.8. The van der Waals surface area contributed by atoms with Gasteiger partial charge in [0, 0.05) is 26.7 Å². The Labute approximate surface area is 190 Å². The molecule has 1 atom stereocenters. The number of carbonyl (C=O) groups excluding carboxylic acids is 2. The van der Waals surface area contributed by atoms with Crippen molar-refractivity contribution in [3.05, 3.63) is 80.0 Å². The van der Waals surface area contributed by atoms with Crippen molar-refractivity contribution in [1.82, 2.24) is 0 Å². The van der Waals surface area contributed by atoms with Gasteiger partial charge in [0.05, 0.1) is 5.57 Å². The fourth-order valence-electron chi connectivity index (χ4n) is 3.80. The Morgan fingerprint density at radius 2 is 1.94 bits per heavy atom. The van der Waals surface area contributed by atoms with Crippen LogP contribution in [0.25, 0.3) is 5.76 Å². The second-order valence-electron chi connectivity index (χ2n) is 7.19. The van der Waals surface area contributed by atoms with Crippen molar-refractivity contribution in [1.29, 1.82) is 0 Å². The first-order valence-electron chi connectivity index (χ1n) is 9.46. The highest BCUT2D eigenvalue weighted by Gasteiger charge is 2.47. The van der Waals surface area contributed by atoms with Gasteiger partial charge in [0.1, 0.15) is 11.8 Å². The molecule has 0 aliphatic carbocycles. The summed E-state index contributed by atoms with van der Waals surface area (Å²) >= 11 is 4.86. The first-order chi connectivity index (χ1) is 15.0. The third-order valence-corrected chi connectivity index (χ3v) is 7.14. The summed E-state index contributed by atoms with van der Waals surface area (Å²) in [7, 11) is 0. The molecule has 2 aliphatic rings. The number of ether oxygens (including phenoxy) is 2. The second kappa shape index (κ2) is 7.55. The molecule has 1 unspecified atom stereocenters. The number of rotatable bonds is 3. The Bertz CT molecular complexity index is 1250. The van der Waals surface area contributed by atoms with Gasteiger partial charge >= 0.3 is 0 Å². The van der Waals surface area contributed by atoms with Gasteiger partial charge in [-0.1, -0.05) is 28.1 Å². The summed E-state index contributed by atoms with van der Waals surface area (Å²) in [6.07, 6.45) is 0. The van der Waals surface area contributed by atoms with E-state index in [1.165, 1.54) is 16.2 Å². The van der Waals surface area contributed by atoms with E-state index in [1.54, 1.807) is 36.4 Å². The van der Waals surface area contributed by atoms with Crippen molar-refractivity contribution in [2.24, 2.45) is 0 Å². The quantitative estimate of drug-likeness (QED) is 0.306. The molecule has 2 aliphatic heterocycles. The van der Waals surface area contributed by atoms with Crippen LogP contribution in [0.3, 0.4) is 0 Å². The number of amides is 1. The molecular formula is C23H16BrNO5S. The van der Waals surface area contributed by atoms with Gasteiger partial charge in [-0.15, -0.1) is 11.3 Å². The Morgan fingerprint density at radius 1 is 1.13 bits per heavy atom. The largest absolute Gasteiger partial charge is 0.507 e. The maximum atomic E-state index is 13.1. The average molecular weight is 498 g/mol. The van der Waals surface area contributed by atoms with Crippen LogP contribution in [-0.4, -0.2) is 23.6 Å². The van der Waals surface area contributed by atoms with Crippen LogP contribution in [0.5, 0.6) is 11.5 Å². The molecule has 3 aromatic rings. The number of aliphatic hydroxyl groups is 1. The fraction of sp³-hybridized carbons (Fsp3) is 0.130. The Balaban J connectivity index is 1.69. The van der Waals surface area contributed by atoms with Gasteiger partial charge in [0.25, 0.3) is 11.7 Å². The number of halogens is 1. The first-order valence-corrected chi connectivity index (χ1v) is 11.1. The molecule has 1 saturated heterocycles. The van der Waals surface area contributed by atoms with Crippen molar-refractivity contribution in [3.8, 4) is 11.5 Å². The van der Waals surface area contributed by atoms with Gasteiger partial charge in [0.2, 0.25) is 6.79 Å². The highest BCUT2D eigenvalue weighted by atomic mass is 79.9. The van der Waals surface area contributed by atoms with Crippen LogP contribution in [0.15, 0.2) is 64.0 Å². The molecule has 1 aromatic heterocycles. The zero-order valence-electron chi connectivity index (χ0n) is 16.3. The van der Waals surface area contributed by atoms with Crippen molar-refractivity contribution in [3.63, 3.8) is 0 Å². The Kier molecular flexibility index (Phi) is 4.83. The van der Waals surface area contributed by atoms with E-state index in [0.717, 1.165) is 14.9 Å². The SMILES string of the molecule is Cc1cc(/C(O)=C2/C(=O)C(=O)N(c3ccc4c(c3)OCO4)C2c2cccs2)ccc1Br. The molecule has 2 aromatic carbocycles. The van der Waals surface area contributed by atoms with Crippen LogP contribution in [0, 0.1) is 6.92 Å². The van der Waals surface area contributed by atoms with Crippen molar-refractivity contribution in [2.75, 3.05) is 11.7 Å². The van der Waals surface area contributed by atoms with Crippen molar-refractivity contribution in [2.45, 2.75) is 13.0 Å². The normalized spacial score (nSPS) is 19.3. The van der Waals surface area contributed by atoms with E-state index in [2.05, 4.69) is 15.9 Å². The van der Waals surface area contributed by atoms with Crippen LogP contribution in [0.1, 0.15) is 22.0 Å². The standard InChI is InChI=1S/C23H16BrNO5S/c1-12-9-13(4-6-15(12)24)21(26)19-20(18-3-2-8-31-18)25(23(28)22(19)27)14-5-7-16-17(10-14)30-11-29-16/h2-10,20,26H,11H2,1H3/b21-19-. The number of aryl methyl sites for hydroxylation is 1. The second-order valence-corrected chi connectivity index (χ2v) is 9.02. The number of hydrogen-bond donors (Lipinski definition) is 1. The molecule has 6 nitrogen and oxygen atoms in total. The number of ketones is 1. The predicted molar refractivity (Wildman–Crippen MR) is 121 cm³/mol. The lowest BCUT2D eigenvalue weighted by Crippen LogP contribution is -2.29. The van der Waals surface area contributed by atoms with E-state index in [1.807, 2.05) is 24.4 Å². The van der Waals surface area contributed by atoms with Gasteiger partial charge in [-0.25, -0.2) is 0 Å². The molecule has 5 rings (SSSR count). The van der Waals surface area contributed by atoms with E-state index in [-0.39, 0.29) is 18.1 Å². The highest BCUT2D eigenvalue weighted by molar-refractivity contribution is 9.10. The van der Waals surface area contributed by atoms with E-state index >= 15 is 0 Å². The summed E-state index contributed by atoms with van der Waals surface area (Å²) in [6, 6.07) is 13.3. The predicted octanol–water partition coefficient (Wildman–Crippen LogP) is 5.17. The number of benzene rings is 2. The number of anilines is 1. The van der Waals surface area contributed by atoms with Crippen molar-refractivity contribution < 1.29 is 24.2 Å². The monoisotopic (exact) mass is 497 g/mol. The highest BCUT2D eigenvalue weighted by Crippen LogP contribution is 2.46. The Hall–Kier alpha value is -3.10. The number of thiophene rings is 1. The van der Waals surface area contributed by atoms with Crippen LogP contribution in [0.4, 0.5) is 5.69 Å². The molecule has 1 N–H and O–H groups in total. The molecule has 1 amide bonds. The third-order valence-electron chi connectivity index (χ3n) is 5.32. The minimum atomic E-state index is -0.746. The summed E-state index contributed by atoms with van der Waals surface area (Å²) in [5.74, 6) is -0.538. The fourth-order valence-corrected chi connectivity index (χ4v) is 4.87. The maximum Gasteiger partial charge on any atom is 0.300 e. The van der Waals surface area contributed by atoms with E-state index in [9.17, 15) is 14.7 Å². The zero-order valence-corrected chi connectivity index (χ0v) is 18.7. The van der Waals surface area contributed by atoms with Crippen molar-refractivity contribution >= 4 is 50.4 Å². The summed E-state index contributed by atoms with van der Waals surface area (Å²) in [6.45, 7) is 2.00. The third kappa shape index (κ3) is 3.23. The van der Waals surface area contributed by atoms with Crippen LogP contribution in [-0.2, 0) is 9.59 Å². The number of fused-ring (bicyclic) bond motifs is 1. The Morgan fingerprint density at radius 3 is 2.68 bits per heavy atom. The summed E-state index contributed by atoms with van der Waals surface area (Å²) < 4.78 is 11.7. The lowest BCUT2D eigenvalue weighted by atomic mass is 9.99. The van der Waals surface area contributed by atoms with Crippen LogP contribution >= 0.6 is 27.3 Å². The minimum absolute atomic E-state index is 0.0619. The molecule has 0 saturated carbocycles. The van der Waals surface area contributed by atoms with Crippen LogP contribution < -0.4 is 14.4 Å². The zero-order chi connectivity index (χ0) is 21.7. The number of Topliss-reactive ketones (excluding diaryl/α,β-unsaturated/α-hetero) is 1.